The van der Waals surface area contributed by atoms with Crippen molar-refractivity contribution >= 4 is 22.7 Å². The van der Waals surface area contributed by atoms with Gasteiger partial charge in [0.25, 0.3) is 0 Å². The Kier molecular flexibility index (Phi) is 2.64. The molecule has 0 spiro atoms. The number of anilines is 1. The molecule has 3 rings (SSSR count). The van der Waals surface area contributed by atoms with Crippen LogP contribution >= 0.6 is 0 Å². The van der Waals surface area contributed by atoms with E-state index in [9.17, 15) is 4.79 Å². The summed E-state index contributed by atoms with van der Waals surface area (Å²) in [5.74, 6) is 0. The normalized spacial score (nSPS) is 19.5. The lowest BCUT2D eigenvalue weighted by Gasteiger charge is -2.12. The maximum Gasteiger partial charge on any atom is 0.414 e. The highest BCUT2D eigenvalue weighted by Gasteiger charge is 2.31. The van der Waals surface area contributed by atoms with Gasteiger partial charge in [0, 0.05) is 11.1 Å². The summed E-state index contributed by atoms with van der Waals surface area (Å²) in [5.41, 5.74) is 7.25. The minimum absolute atomic E-state index is 0.109. The van der Waals surface area contributed by atoms with Crippen LogP contribution in [0.15, 0.2) is 24.4 Å². The number of hydrogen-bond donors (Lipinski definition) is 2. The number of benzene rings is 1. The predicted molar refractivity (Wildman–Crippen MR) is 67.4 cm³/mol. The highest BCUT2D eigenvalue weighted by molar-refractivity contribution is 5.93. The first-order valence-corrected chi connectivity index (χ1v) is 5.89. The van der Waals surface area contributed by atoms with Crippen LogP contribution in [0.25, 0.3) is 10.9 Å². The average molecular weight is 246 g/mol. The molecular formula is C12H14N4O2. The van der Waals surface area contributed by atoms with Crippen molar-refractivity contribution in [2.45, 2.75) is 12.5 Å². The first-order valence-electron chi connectivity index (χ1n) is 5.89. The third kappa shape index (κ3) is 1.80. The molecule has 0 bridgehead atoms. The first kappa shape index (κ1) is 11.0. The number of aromatic nitrogens is 2. The van der Waals surface area contributed by atoms with Crippen molar-refractivity contribution < 1.29 is 9.53 Å². The van der Waals surface area contributed by atoms with E-state index in [1.54, 1.807) is 11.1 Å². The quantitative estimate of drug-likeness (QED) is 0.853. The zero-order valence-corrected chi connectivity index (χ0v) is 9.80. The second-order valence-electron chi connectivity index (χ2n) is 4.34. The Hall–Kier alpha value is -2.08. The van der Waals surface area contributed by atoms with E-state index in [4.69, 9.17) is 10.5 Å². The number of nitrogens with two attached hydrogens (primary N) is 1. The lowest BCUT2D eigenvalue weighted by atomic mass is 10.2. The van der Waals surface area contributed by atoms with Gasteiger partial charge in [0.2, 0.25) is 0 Å². The van der Waals surface area contributed by atoms with Crippen LogP contribution in [-0.4, -0.2) is 35.5 Å². The first-order chi connectivity index (χ1) is 8.78. The van der Waals surface area contributed by atoms with Crippen LogP contribution in [0.4, 0.5) is 10.5 Å². The largest absolute Gasteiger partial charge is 0.444 e. The fourth-order valence-corrected chi connectivity index (χ4v) is 2.17. The number of ether oxygens (including phenoxy) is 1. The second kappa shape index (κ2) is 4.30. The molecule has 6 nitrogen and oxygen atoms in total. The number of H-pyrrole nitrogens is 1. The third-order valence-electron chi connectivity index (χ3n) is 3.10. The van der Waals surface area contributed by atoms with Crippen molar-refractivity contribution in [1.29, 1.82) is 0 Å². The summed E-state index contributed by atoms with van der Waals surface area (Å²) in [6.45, 7) is 1.08. The van der Waals surface area contributed by atoms with E-state index >= 15 is 0 Å². The number of fused-ring (bicyclic) bond motifs is 1. The zero-order valence-electron chi connectivity index (χ0n) is 9.80. The molecule has 1 aromatic heterocycles. The molecule has 0 aliphatic carbocycles. The van der Waals surface area contributed by atoms with Gasteiger partial charge in [0.05, 0.1) is 18.3 Å². The van der Waals surface area contributed by atoms with Gasteiger partial charge in [-0.05, 0) is 31.2 Å². The maximum atomic E-state index is 11.8. The topological polar surface area (TPSA) is 84.2 Å². The van der Waals surface area contributed by atoms with Gasteiger partial charge in [0.1, 0.15) is 6.10 Å². The van der Waals surface area contributed by atoms with Crippen LogP contribution in [0.5, 0.6) is 0 Å². The van der Waals surface area contributed by atoms with Gasteiger partial charge in [-0.15, -0.1) is 0 Å². The molecule has 2 aromatic rings. The fraction of sp³-hybridized carbons (Fsp3) is 0.333. The number of cyclic esters (lactones) is 1. The molecule has 0 saturated carbocycles. The molecule has 18 heavy (non-hydrogen) atoms. The van der Waals surface area contributed by atoms with Crippen molar-refractivity contribution in [3.63, 3.8) is 0 Å². The molecule has 2 heterocycles. The summed E-state index contributed by atoms with van der Waals surface area (Å²) in [7, 11) is 0. The Morgan fingerprint density at radius 2 is 2.44 bits per heavy atom. The number of nitrogens with one attached hydrogen (secondary N) is 1. The molecule has 94 valence electrons. The van der Waals surface area contributed by atoms with Crippen LogP contribution in [-0.2, 0) is 4.74 Å². The minimum Gasteiger partial charge on any atom is -0.444 e. The van der Waals surface area contributed by atoms with Crippen molar-refractivity contribution in [2.24, 2.45) is 5.73 Å². The van der Waals surface area contributed by atoms with Crippen molar-refractivity contribution in [2.75, 3.05) is 18.0 Å². The Morgan fingerprint density at radius 1 is 1.56 bits per heavy atom. The van der Waals surface area contributed by atoms with Gasteiger partial charge in [-0.3, -0.25) is 10.00 Å². The number of aromatic amines is 1. The molecule has 0 radical (unpaired) electrons. The molecule has 1 aliphatic heterocycles. The monoisotopic (exact) mass is 246 g/mol. The Bertz CT molecular complexity index is 580. The van der Waals surface area contributed by atoms with Crippen molar-refractivity contribution in [3.05, 3.63) is 24.4 Å². The standard InChI is InChI=1S/C12H14N4O2/c13-4-3-10-7-16(12(17)18-10)9-1-2-11-8(5-9)6-14-15-11/h1-2,5-6,10H,3-4,7,13H2,(H,14,15). The smallest absolute Gasteiger partial charge is 0.414 e. The van der Waals surface area contributed by atoms with Crippen molar-refractivity contribution in [3.8, 4) is 0 Å². The lowest BCUT2D eigenvalue weighted by molar-refractivity contribution is 0.138. The summed E-state index contributed by atoms with van der Waals surface area (Å²) in [5, 5.41) is 7.81. The van der Waals surface area contributed by atoms with E-state index in [0.29, 0.717) is 19.5 Å². The van der Waals surface area contributed by atoms with E-state index in [2.05, 4.69) is 10.2 Å². The van der Waals surface area contributed by atoms with Crippen molar-refractivity contribution in [1.82, 2.24) is 10.2 Å². The summed E-state index contributed by atoms with van der Waals surface area (Å²) in [6.07, 6.45) is 2.01. The summed E-state index contributed by atoms with van der Waals surface area (Å²) < 4.78 is 5.25. The number of rotatable bonds is 3. The molecule has 1 atom stereocenters. The van der Waals surface area contributed by atoms with E-state index < -0.39 is 0 Å². The zero-order chi connectivity index (χ0) is 12.5. The van der Waals surface area contributed by atoms with Crippen LogP contribution in [0.3, 0.4) is 0 Å². The Morgan fingerprint density at radius 3 is 3.28 bits per heavy atom. The fourth-order valence-electron chi connectivity index (χ4n) is 2.17. The molecule has 6 heteroatoms. The van der Waals surface area contributed by atoms with Crippen LogP contribution < -0.4 is 10.6 Å². The third-order valence-corrected chi connectivity index (χ3v) is 3.10. The molecule has 1 fully saturated rings. The highest BCUT2D eigenvalue weighted by Crippen LogP contribution is 2.25. The molecule has 1 aromatic carbocycles. The van der Waals surface area contributed by atoms with Crippen LogP contribution in [0.2, 0.25) is 0 Å². The molecule has 1 unspecified atom stereocenters. The predicted octanol–water partition coefficient (Wildman–Crippen LogP) is 1.24. The van der Waals surface area contributed by atoms with Crippen LogP contribution in [0, 0.1) is 0 Å². The summed E-state index contributed by atoms with van der Waals surface area (Å²) in [6, 6.07) is 5.71. The maximum absolute atomic E-state index is 11.8. The summed E-state index contributed by atoms with van der Waals surface area (Å²) in [4.78, 5) is 13.4. The van der Waals surface area contributed by atoms with E-state index in [1.165, 1.54) is 0 Å². The SMILES string of the molecule is NCCC1CN(c2ccc3[nH]ncc3c2)C(=O)O1. The Balaban J connectivity index is 1.87. The second-order valence-corrected chi connectivity index (χ2v) is 4.34. The van der Waals surface area contributed by atoms with Gasteiger partial charge in [-0.1, -0.05) is 0 Å². The number of carbonyl (C=O) groups excluding carboxylic acids is 1. The number of nitrogens with zero attached hydrogens (tertiary/aromatic N) is 2. The van der Waals surface area contributed by atoms with Gasteiger partial charge in [-0.2, -0.15) is 5.10 Å². The van der Waals surface area contributed by atoms with Gasteiger partial charge in [0.15, 0.2) is 0 Å². The summed E-state index contributed by atoms with van der Waals surface area (Å²) >= 11 is 0. The molecule has 1 aliphatic rings. The van der Waals surface area contributed by atoms with E-state index in [0.717, 1.165) is 16.6 Å². The number of amides is 1. The minimum atomic E-state index is -0.309. The molecule has 1 saturated heterocycles. The molecule has 1 amide bonds. The molecular weight excluding hydrogens is 232 g/mol. The average Bonchev–Trinajstić information content (AvgIpc) is 2.95. The number of hydrogen-bond acceptors (Lipinski definition) is 4. The number of carbonyl (C=O) groups is 1. The van der Waals surface area contributed by atoms with E-state index in [-0.39, 0.29) is 12.2 Å². The van der Waals surface area contributed by atoms with Gasteiger partial charge in [-0.25, -0.2) is 4.79 Å². The Labute approximate surface area is 104 Å². The highest BCUT2D eigenvalue weighted by atomic mass is 16.6. The lowest BCUT2D eigenvalue weighted by Crippen LogP contribution is -2.25. The van der Waals surface area contributed by atoms with Crippen LogP contribution in [0.1, 0.15) is 6.42 Å². The molecule has 3 N–H and O–H groups in total. The van der Waals surface area contributed by atoms with Gasteiger partial charge < -0.3 is 10.5 Å². The van der Waals surface area contributed by atoms with Gasteiger partial charge >= 0.3 is 6.09 Å². The van der Waals surface area contributed by atoms with E-state index in [1.807, 2.05) is 18.2 Å².